The third-order valence-electron chi connectivity index (χ3n) is 5.70. The molecule has 4 heterocycles. The lowest BCUT2D eigenvalue weighted by atomic mass is 9.99. The number of hydrogen-bond donors (Lipinski definition) is 1. The first-order valence-electron chi connectivity index (χ1n) is 10.6. The zero-order valence-corrected chi connectivity index (χ0v) is 18.7. The smallest absolute Gasteiger partial charge is 0.188 e. The maximum atomic E-state index is 6.12. The summed E-state index contributed by atoms with van der Waals surface area (Å²) in [6, 6.07) is 12.6. The third kappa shape index (κ3) is 5.25. The summed E-state index contributed by atoms with van der Waals surface area (Å²) >= 11 is 7.70. The standard InChI is InChI=1S/C23H25ClN4O2S/c24-19-3-1-2-18(10-19)21-11-26-23(31-21)27-22-9-16(4-5-25-22)8-17-12-28(6-7-29-13-17)20-14-30-15-20/h1-5,9-11,17,20H,6-8,12-15H2,(H,25,26,27). The average Bonchev–Trinajstić information content (AvgIpc) is 3.07. The first-order valence-corrected chi connectivity index (χ1v) is 11.8. The number of halogens is 1. The lowest BCUT2D eigenvalue weighted by molar-refractivity contribution is -0.0667. The summed E-state index contributed by atoms with van der Waals surface area (Å²) < 4.78 is 11.3. The Hall–Kier alpha value is -2.03. The Balaban J connectivity index is 1.24. The van der Waals surface area contributed by atoms with Gasteiger partial charge in [-0.1, -0.05) is 35.1 Å². The second-order valence-electron chi connectivity index (χ2n) is 8.05. The van der Waals surface area contributed by atoms with E-state index in [1.807, 2.05) is 36.7 Å². The molecule has 0 aliphatic carbocycles. The van der Waals surface area contributed by atoms with Gasteiger partial charge in [0.25, 0.3) is 0 Å². The number of thiazole rings is 1. The van der Waals surface area contributed by atoms with Crippen molar-refractivity contribution < 1.29 is 9.47 Å². The van der Waals surface area contributed by atoms with E-state index in [1.165, 1.54) is 5.56 Å². The molecule has 0 spiro atoms. The van der Waals surface area contributed by atoms with Crippen molar-refractivity contribution in [3.8, 4) is 10.4 Å². The van der Waals surface area contributed by atoms with Gasteiger partial charge in [-0.25, -0.2) is 9.97 Å². The number of benzene rings is 1. The van der Waals surface area contributed by atoms with Gasteiger partial charge >= 0.3 is 0 Å². The minimum absolute atomic E-state index is 0.465. The summed E-state index contributed by atoms with van der Waals surface area (Å²) in [5.74, 6) is 1.27. The molecule has 1 unspecified atom stereocenters. The van der Waals surface area contributed by atoms with Gasteiger partial charge in [-0.15, -0.1) is 0 Å². The fourth-order valence-electron chi connectivity index (χ4n) is 4.02. The molecule has 2 fully saturated rings. The summed E-state index contributed by atoms with van der Waals surface area (Å²) in [5.41, 5.74) is 2.32. The second-order valence-corrected chi connectivity index (χ2v) is 9.51. The van der Waals surface area contributed by atoms with Gasteiger partial charge in [0.05, 0.1) is 37.3 Å². The molecule has 0 radical (unpaired) electrons. The molecular weight excluding hydrogens is 432 g/mol. The number of nitrogens with one attached hydrogen (secondary N) is 1. The molecule has 1 N–H and O–H groups in total. The molecule has 2 saturated heterocycles. The molecule has 6 nitrogen and oxygen atoms in total. The lowest BCUT2D eigenvalue weighted by Gasteiger charge is -2.37. The maximum Gasteiger partial charge on any atom is 0.188 e. The number of anilines is 2. The predicted octanol–water partition coefficient (Wildman–Crippen LogP) is 4.49. The van der Waals surface area contributed by atoms with Crippen LogP contribution in [-0.4, -0.2) is 60.4 Å². The van der Waals surface area contributed by atoms with Gasteiger partial charge in [0.15, 0.2) is 5.13 Å². The largest absolute Gasteiger partial charge is 0.380 e. The normalized spacial score (nSPS) is 20.2. The molecule has 1 atom stereocenters. The van der Waals surface area contributed by atoms with E-state index in [0.29, 0.717) is 12.0 Å². The summed E-state index contributed by atoms with van der Waals surface area (Å²) in [5, 5.41) is 4.89. The minimum atomic E-state index is 0.465. The quantitative estimate of drug-likeness (QED) is 0.589. The highest BCUT2D eigenvalue weighted by Gasteiger charge is 2.29. The lowest BCUT2D eigenvalue weighted by Crippen LogP contribution is -2.51. The van der Waals surface area contributed by atoms with Crippen molar-refractivity contribution in [3.05, 3.63) is 59.4 Å². The Kier molecular flexibility index (Phi) is 6.47. The molecule has 8 heteroatoms. The van der Waals surface area contributed by atoms with Crippen molar-refractivity contribution in [2.45, 2.75) is 12.5 Å². The van der Waals surface area contributed by atoms with E-state index in [4.69, 9.17) is 21.1 Å². The van der Waals surface area contributed by atoms with Crippen LogP contribution in [-0.2, 0) is 15.9 Å². The zero-order valence-electron chi connectivity index (χ0n) is 17.2. The summed E-state index contributed by atoms with van der Waals surface area (Å²) in [7, 11) is 0. The Morgan fingerprint density at radius 3 is 2.90 bits per heavy atom. The van der Waals surface area contributed by atoms with Gasteiger partial charge < -0.3 is 14.8 Å². The Morgan fingerprint density at radius 2 is 2.06 bits per heavy atom. The molecule has 1 aromatic carbocycles. The van der Waals surface area contributed by atoms with Crippen molar-refractivity contribution >= 4 is 33.9 Å². The Bertz CT molecular complexity index is 1030. The number of rotatable bonds is 6. The van der Waals surface area contributed by atoms with Gasteiger partial charge in [-0.2, -0.15) is 0 Å². The highest BCUT2D eigenvalue weighted by molar-refractivity contribution is 7.18. The highest BCUT2D eigenvalue weighted by atomic mass is 35.5. The van der Waals surface area contributed by atoms with Crippen LogP contribution < -0.4 is 5.32 Å². The summed E-state index contributed by atoms with van der Waals surface area (Å²) in [6.45, 7) is 5.34. The first kappa shape index (κ1) is 20.8. The molecule has 5 rings (SSSR count). The van der Waals surface area contributed by atoms with Crippen LogP contribution in [0.5, 0.6) is 0 Å². The van der Waals surface area contributed by atoms with Gasteiger partial charge in [0, 0.05) is 30.5 Å². The molecule has 0 bridgehead atoms. The molecule has 2 aromatic heterocycles. The van der Waals surface area contributed by atoms with Crippen molar-refractivity contribution in [3.63, 3.8) is 0 Å². The molecule has 2 aliphatic rings. The second kappa shape index (κ2) is 9.63. The fourth-order valence-corrected chi connectivity index (χ4v) is 5.03. The van der Waals surface area contributed by atoms with E-state index >= 15 is 0 Å². The molecule has 3 aromatic rings. The van der Waals surface area contributed by atoms with Crippen molar-refractivity contribution in [2.75, 3.05) is 44.8 Å². The Morgan fingerprint density at radius 1 is 1.13 bits per heavy atom. The average molecular weight is 457 g/mol. The van der Waals surface area contributed by atoms with Crippen LogP contribution in [0.3, 0.4) is 0 Å². The van der Waals surface area contributed by atoms with Crippen LogP contribution in [0.25, 0.3) is 10.4 Å². The first-order chi connectivity index (χ1) is 15.2. The van der Waals surface area contributed by atoms with Gasteiger partial charge in [0.1, 0.15) is 5.82 Å². The molecule has 0 amide bonds. The van der Waals surface area contributed by atoms with Crippen LogP contribution in [0, 0.1) is 5.92 Å². The van der Waals surface area contributed by atoms with E-state index in [-0.39, 0.29) is 0 Å². The summed E-state index contributed by atoms with van der Waals surface area (Å²) in [6.07, 6.45) is 4.69. The predicted molar refractivity (Wildman–Crippen MR) is 124 cm³/mol. The third-order valence-corrected chi connectivity index (χ3v) is 6.90. The number of nitrogens with zero attached hydrogens (tertiary/aromatic N) is 3. The van der Waals surface area contributed by atoms with E-state index in [0.717, 1.165) is 72.4 Å². The summed E-state index contributed by atoms with van der Waals surface area (Å²) in [4.78, 5) is 12.6. The van der Waals surface area contributed by atoms with E-state index in [2.05, 4.69) is 32.3 Å². The maximum absolute atomic E-state index is 6.12. The van der Waals surface area contributed by atoms with E-state index < -0.39 is 0 Å². The van der Waals surface area contributed by atoms with Crippen LogP contribution >= 0.6 is 22.9 Å². The van der Waals surface area contributed by atoms with Crippen LogP contribution in [0.2, 0.25) is 5.02 Å². The van der Waals surface area contributed by atoms with Crippen molar-refractivity contribution in [1.82, 2.24) is 14.9 Å². The number of pyridine rings is 1. The van der Waals surface area contributed by atoms with Crippen LogP contribution in [0.15, 0.2) is 48.8 Å². The van der Waals surface area contributed by atoms with Crippen molar-refractivity contribution in [1.29, 1.82) is 0 Å². The van der Waals surface area contributed by atoms with Crippen molar-refractivity contribution in [2.24, 2.45) is 5.92 Å². The monoisotopic (exact) mass is 456 g/mol. The minimum Gasteiger partial charge on any atom is -0.380 e. The highest BCUT2D eigenvalue weighted by Crippen LogP contribution is 2.31. The zero-order chi connectivity index (χ0) is 21.0. The van der Waals surface area contributed by atoms with Gasteiger partial charge in [0.2, 0.25) is 0 Å². The SMILES string of the molecule is Clc1cccc(-c2cnc(Nc3cc(CC4COCCN(C5COC5)C4)ccn3)s2)c1. The molecule has 162 valence electrons. The topological polar surface area (TPSA) is 59.5 Å². The molecule has 31 heavy (non-hydrogen) atoms. The van der Waals surface area contributed by atoms with Gasteiger partial charge in [-0.05, 0) is 47.7 Å². The molecular formula is C23H25ClN4O2S. The van der Waals surface area contributed by atoms with Crippen LogP contribution in [0.1, 0.15) is 5.56 Å². The van der Waals surface area contributed by atoms with Crippen LogP contribution in [0.4, 0.5) is 10.9 Å². The number of aromatic nitrogens is 2. The van der Waals surface area contributed by atoms with E-state index in [1.54, 1.807) is 11.3 Å². The van der Waals surface area contributed by atoms with E-state index in [9.17, 15) is 0 Å². The molecule has 2 aliphatic heterocycles. The number of hydrogen-bond acceptors (Lipinski definition) is 7. The fraction of sp³-hybridized carbons (Fsp3) is 0.391. The Labute approximate surface area is 191 Å². The van der Waals surface area contributed by atoms with Gasteiger partial charge in [-0.3, -0.25) is 4.90 Å². The molecule has 0 saturated carbocycles. The number of ether oxygens (including phenoxy) is 2.